The molecule has 3 rings (SSSR count). The maximum Gasteiger partial charge on any atom is 0.225 e. The lowest BCUT2D eigenvalue weighted by Crippen LogP contribution is -2.49. The monoisotopic (exact) mass is 346 g/mol. The molecule has 0 N–H and O–H groups in total. The molecule has 5 nitrogen and oxygen atoms in total. The molecule has 0 bridgehead atoms. The van der Waals surface area contributed by atoms with Gasteiger partial charge in [-0.2, -0.15) is 0 Å². The molecule has 2 heterocycles. The average molecular weight is 346 g/mol. The van der Waals surface area contributed by atoms with E-state index >= 15 is 0 Å². The molecule has 2 aliphatic heterocycles. The summed E-state index contributed by atoms with van der Waals surface area (Å²) >= 11 is 0. The fraction of sp³-hybridized carbons (Fsp3) is 0.650. The van der Waals surface area contributed by atoms with E-state index in [0.29, 0.717) is 6.42 Å². The van der Waals surface area contributed by atoms with E-state index in [1.807, 2.05) is 17.0 Å². The second-order valence-electron chi connectivity index (χ2n) is 7.02. The van der Waals surface area contributed by atoms with Crippen molar-refractivity contribution in [2.24, 2.45) is 0 Å². The van der Waals surface area contributed by atoms with Crippen molar-refractivity contribution in [3.63, 3.8) is 0 Å². The summed E-state index contributed by atoms with van der Waals surface area (Å²) < 4.78 is 11.0. The van der Waals surface area contributed by atoms with Gasteiger partial charge in [0.05, 0.1) is 19.6 Å². The van der Waals surface area contributed by atoms with Gasteiger partial charge in [-0.3, -0.25) is 9.69 Å². The van der Waals surface area contributed by atoms with E-state index in [1.54, 1.807) is 7.11 Å². The molecule has 0 radical (unpaired) electrons. The van der Waals surface area contributed by atoms with Gasteiger partial charge in [0.1, 0.15) is 5.75 Å². The summed E-state index contributed by atoms with van der Waals surface area (Å²) in [5.41, 5.74) is 1.30. The summed E-state index contributed by atoms with van der Waals surface area (Å²) in [6, 6.07) is 8.26. The topological polar surface area (TPSA) is 42.0 Å². The predicted molar refractivity (Wildman–Crippen MR) is 97.9 cm³/mol. The molecule has 5 heteroatoms. The molecular weight excluding hydrogens is 316 g/mol. The van der Waals surface area contributed by atoms with Crippen LogP contribution in [0.25, 0.3) is 0 Å². The minimum Gasteiger partial charge on any atom is -0.497 e. The number of ether oxygens (including phenoxy) is 2. The first-order valence-electron chi connectivity index (χ1n) is 9.49. The minimum atomic E-state index is 0.146. The number of methoxy groups -OCH3 is 1. The van der Waals surface area contributed by atoms with Crippen LogP contribution in [-0.4, -0.2) is 68.3 Å². The molecule has 0 spiro atoms. The van der Waals surface area contributed by atoms with Crippen molar-refractivity contribution >= 4 is 5.91 Å². The minimum absolute atomic E-state index is 0.146. The summed E-state index contributed by atoms with van der Waals surface area (Å²) in [4.78, 5) is 16.9. The van der Waals surface area contributed by atoms with Crippen LogP contribution in [0.3, 0.4) is 0 Å². The van der Waals surface area contributed by atoms with Gasteiger partial charge < -0.3 is 14.4 Å². The SMILES string of the molecule is COc1cccc(CCN2CCN(C(=O)CC3CCCCO3)CC2)c1. The van der Waals surface area contributed by atoms with Crippen molar-refractivity contribution in [1.82, 2.24) is 9.80 Å². The molecule has 2 aliphatic rings. The number of nitrogens with zero attached hydrogens (tertiary/aromatic N) is 2. The van der Waals surface area contributed by atoms with Crippen molar-refractivity contribution in [2.45, 2.75) is 38.2 Å². The quantitative estimate of drug-likeness (QED) is 0.793. The number of piperazine rings is 1. The van der Waals surface area contributed by atoms with Gasteiger partial charge in [0, 0.05) is 39.3 Å². The zero-order valence-electron chi connectivity index (χ0n) is 15.3. The van der Waals surface area contributed by atoms with E-state index in [4.69, 9.17) is 9.47 Å². The molecule has 1 atom stereocenters. The highest BCUT2D eigenvalue weighted by atomic mass is 16.5. The second kappa shape index (κ2) is 9.20. The van der Waals surface area contributed by atoms with E-state index in [2.05, 4.69) is 17.0 Å². The maximum atomic E-state index is 12.4. The normalized spacial score (nSPS) is 22.0. The van der Waals surface area contributed by atoms with Crippen LogP contribution in [0.1, 0.15) is 31.2 Å². The molecule has 1 aromatic rings. The average Bonchev–Trinajstić information content (AvgIpc) is 2.67. The van der Waals surface area contributed by atoms with Gasteiger partial charge >= 0.3 is 0 Å². The second-order valence-corrected chi connectivity index (χ2v) is 7.02. The lowest BCUT2D eigenvalue weighted by atomic mass is 10.1. The molecule has 1 unspecified atom stereocenters. The molecule has 25 heavy (non-hydrogen) atoms. The summed E-state index contributed by atoms with van der Waals surface area (Å²) in [6.45, 7) is 5.44. The summed E-state index contributed by atoms with van der Waals surface area (Å²) in [7, 11) is 1.70. The zero-order valence-corrected chi connectivity index (χ0v) is 15.3. The first-order chi connectivity index (χ1) is 12.2. The summed E-state index contributed by atoms with van der Waals surface area (Å²) in [5, 5.41) is 0. The third-order valence-corrected chi connectivity index (χ3v) is 5.25. The van der Waals surface area contributed by atoms with Gasteiger partial charge in [0.15, 0.2) is 0 Å². The van der Waals surface area contributed by atoms with Crippen LogP contribution in [0.15, 0.2) is 24.3 Å². The Labute approximate surface area is 150 Å². The molecule has 2 saturated heterocycles. The Kier molecular flexibility index (Phi) is 6.70. The Morgan fingerprint density at radius 1 is 1.24 bits per heavy atom. The van der Waals surface area contributed by atoms with E-state index in [-0.39, 0.29) is 12.0 Å². The predicted octanol–water partition coefficient (Wildman–Crippen LogP) is 2.34. The standard InChI is InChI=1S/C20H30N2O3/c1-24-18-7-4-5-17(15-18)8-9-21-10-12-22(13-11-21)20(23)16-19-6-2-3-14-25-19/h4-5,7,15,19H,2-3,6,8-14,16H2,1H3. The molecule has 0 saturated carbocycles. The Bertz CT molecular complexity index is 550. The van der Waals surface area contributed by atoms with Crippen molar-refractivity contribution in [3.05, 3.63) is 29.8 Å². The third-order valence-electron chi connectivity index (χ3n) is 5.25. The molecule has 1 aromatic carbocycles. The van der Waals surface area contributed by atoms with E-state index < -0.39 is 0 Å². The third kappa shape index (κ3) is 5.44. The molecule has 138 valence electrons. The van der Waals surface area contributed by atoms with E-state index in [1.165, 1.54) is 12.0 Å². The van der Waals surface area contributed by atoms with Crippen molar-refractivity contribution < 1.29 is 14.3 Å². The van der Waals surface area contributed by atoms with Crippen molar-refractivity contribution in [2.75, 3.05) is 46.4 Å². The van der Waals surface area contributed by atoms with Crippen LogP contribution in [0.4, 0.5) is 0 Å². The number of amides is 1. The number of hydrogen-bond acceptors (Lipinski definition) is 4. The van der Waals surface area contributed by atoms with Gasteiger partial charge in [0.25, 0.3) is 0 Å². The first-order valence-corrected chi connectivity index (χ1v) is 9.49. The highest BCUT2D eigenvalue weighted by molar-refractivity contribution is 5.76. The first kappa shape index (κ1) is 18.2. The van der Waals surface area contributed by atoms with Crippen LogP contribution >= 0.6 is 0 Å². The Hall–Kier alpha value is -1.59. The molecular formula is C20H30N2O3. The zero-order chi connectivity index (χ0) is 17.5. The summed E-state index contributed by atoms with van der Waals surface area (Å²) in [5.74, 6) is 1.18. The van der Waals surface area contributed by atoms with Crippen LogP contribution in [0.2, 0.25) is 0 Å². The van der Waals surface area contributed by atoms with E-state index in [9.17, 15) is 4.79 Å². The number of carbonyl (C=O) groups excluding carboxylic acids is 1. The molecule has 0 aliphatic carbocycles. The van der Waals surface area contributed by atoms with Gasteiger partial charge in [-0.05, 0) is 43.4 Å². The largest absolute Gasteiger partial charge is 0.497 e. The smallest absolute Gasteiger partial charge is 0.225 e. The van der Waals surface area contributed by atoms with Crippen molar-refractivity contribution in [3.8, 4) is 5.75 Å². The number of hydrogen-bond donors (Lipinski definition) is 0. The van der Waals surface area contributed by atoms with Gasteiger partial charge in [-0.25, -0.2) is 0 Å². The van der Waals surface area contributed by atoms with Crippen molar-refractivity contribution in [1.29, 1.82) is 0 Å². The highest BCUT2D eigenvalue weighted by Crippen LogP contribution is 2.17. The van der Waals surface area contributed by atoms with Gasteiger partial charge in [-0.15, -0.1) is 0 Å². The Morgan fingerprint density at radius 2 is 2.08 bits per heavy atom. The molecule has 1 amide bonds. The van der Waals surface area contributed by atoms with Crippen LogP contribution < -0.4 is 4.74 Å². The number of rotatable bonds is 6. The van der Waals surface area contributed by atoms with Crippen LogP contribution in [0.5, 0.6) is 5.75 Å². The van der Waals surface area contributed by atoms with Crippen LogP contribution in [0, 0.1) is 0 Å². The van der Waals surface area contributed by atoms with Gasteiger partial charge in [0.2, 0.25) is 5.91 Å². The van der Waals surface area contributed by atoms with E-state index in [0.717, 1.165) is 64.3 Å². The lowest BCUT2D eigenvalue weighted by Gasteiger charge is -2.35. The number of carbonyl (C=O) groups is 1. The highest BCUT2D eigenvalue weighted by Gasteiger charge is 2.24. The summed E-state index contributed by atoms with van der Waals surface area (Å²) in [6.07, 6.45) is 5.08. The Morgan fingerprint density at radius 3 is 2.80 bits per heavy atom. The number of benzene rings is 1. The molecule has 0 aromatic heterocycles. The fourth-order valence-electron chi connectivity index (χ4n) is 3.63. The van der Waals surface area contributed by atoms with Gasteiger partial charge in [-0.1, -0.05) is 12.1 Å². The maximum absolute atomic E-state index is 12.4. The Balaban J connectivity index is 1.38. The van der Waals surface area contributed by atoms with Crippen LogP contribution in [-0.2, 0) is 16.0 Å². The molecule has 2 fully saturated rings. The lowest BCUT2D eigenvalue weighted by molar-refractivity contribution is -0.136. The fourth-order valence-corrected chi connectivity index (χ4v) is 3.63.